The van der Waals surface area contributed by atoms with Crippen LogP contribution in [0.3, 0.4) is 0 Å². The highest BCUT2D eigenvalue weighted by Crippen LogP contribution is 2.27. The second kappa shape index (κ2) is 6.78. The normalized spacial score (nSPS) is 11.7. The fourth-order valence-electron chi connectivity index (χ4n) is 1.88. The van der Waals surface area contributed by atoms with Gasteiger partial charge >= 0.3 is 5.97 Å². The van der Waals surface area contributed by atoms with Crippen LogP contribution in [0.25, 0.3) is 0 Å². The molecule has 1 aromatic rings. The van der Waals surface area contributed by atoms with Gasteiger partial charge in [0.1, 0.15) is 17.3 Å². The molecule has 0 aliphatic heterocycles. The highest BCUT2D eigenvalue weighted by molar-refractivity contribution is 5.83. The molecule has 0 aliphatic rings. The summed E-state index contributed by atoms with van der Waals surface area (Å²) in [4.78, 5) is 22.3. The average molecular weight is 266 g/mol. The maximum Gasteiger partial charge on any atom is 0.304 e. The number of rotatable bonds is 7. The Kier molecular flexibility index (Phi) is 5.36. The molecule has 5 nitrogen and oxygen atoms in total. The number of carbonyl (C=O) groups is 2. The molecule has 104 valence electrons. The number of carboxylic acid groups (broad SMARTS) is 1. The zero-order chi connectivity index (χ0) is 14.4. The molecule has 1 aromatic carbocycles. The van der Waals surface area contributed by atoms with E-state index in [1.165, 1.54) is 14.0 Å². The van der Waals surface area contributed by atoms with Crippen LogP contribution in [0.5, 0.6) is 11.5 Å². The summed E-state index contributed by atoms with van der Waals surface area (Å²) >= 11 is 0. The molecule has 0 radical (unpaired) electrons. The van der Waals surface area contributed by atoms with Gasteiger partial charge in [-0.2, -0.15) is 0 Å². The Morgan fingerprint density at radius 3 is 2.42 bits per heavy atom. The number of ether oxygens (including phenoxy) is 2. The van der Waals surface area contributed by atoms with Crippen molar-refractivity contribution < 1.29 is 24.2 Å². The van der Waals surface area contributed by atoms with Crippen LogP contribution in [0.2, 0.25) is 0 Å². The van der Waals surface area contributed by atoms with E-state index in [2.05, 4.69) is 0 Å². The Hall–Kier alpha value is -2.04. The largest absolute Gasteiger partial charge is 0.497 e. The molecule has 1 N–H and O–H groups in total. The minimum Gasteiger partial charge on any atom is -0.497 e. The number of ketones is 1. The first-order valence-electron chi connectivity index (χ1n) is 5.91. The van der Waals surface area contributed by atoms with Gasteiger partial charge in [0.25, 0.3) is 0 Å². The van der Waals surface area contributed by atoms with Gasteiger partial charge in [0.15, 0.2) is 0 Å². The molecule has 0 aromatic heterocycles. The third kappa shape index (κ3) is 4.28. The van der Waals surface area contributed by atoms with Gasteiger partial charge in [0, 0.05) is 5.92 Å². The fraction of sp³-hybridized carbons (Fsp3) is 0.429. The predicted octanol–water partition coefficient (Wildman–Crippen LogP) is 1.93. The number of hydrogen-bond donors (Lipinski definition) is 1. The van der Waals surface area contributed by atoms with Crippen LogP contribution in [-0.2, 0) is 16.0 Å². The molecule has 0 unspecified atom stereocenters. The lowest BCUT2D eigenvalue weighted by Crippen LogP contribution is -2.18. The van der Waals surface area contributed by atoms with Crippen LogP contribution >= 0.6 is 0 Å². The minimum atomic E-state index is -0.984. The Balaban J connectivity index is 2.99. The number of methoxy groups -OCH3 is 2. The third-order valence-corrected chi connectivity index (χ3v) is 2.95. The monoisotopic (exact) mass is 266 g/mol. The van der Waals surface area contributed by atoms with Gasteiger partial charge in [-0.25, -0.2) is 0 Å². The molecule has 19 heavy (non-hydrogen) atoms. The average Bonchev–Trinajstić information content (AvgIpc) is 2.37. The molecule has 0 bridgehead atoms. The van der Waals surface area contributed by atoms with E-state index in [4.69, 9.17) is 14.6 Å². The SMILES string of the molecule is COc1ccc(OC)c(C[C@@H](CC(=O)O)C(C)=O)c1. The van der Waals surface area contributed by atoms with Gasteiger partial charge in [0.2, 0.25) is 0 Å². The molecule has 5 heteroatoms. The molecule has 0 amide bonds. The molecule has 1 rings (SSSR count). The van der Waals surface area contributed by atoms with E-state index in [1.807, 2.05) is 0 Å². The van der Waals surface area contributed by atoms with Crippen molar-refractivity contribution in [1.29, 1.82) is 0 Å². The second-order valence-corrected chi connectivity index (χ2v) is 4.29. The van der Waals surface area contributed by atoms with E-state index in [-0.39, 0.29) is 12.2 Å². The Morgan fingerprint density at radius 1 is 1.26 bits per heavy atom. The topological polar surface area (TPSA) is 72.8 Å². The van der Waals surface area contributed by atoms with Crippen molar-refractivity contribution in [2.75, 3.05) is 14.2 Å². The number of benzene rings is 1. The summed E-state index contributed by atoms with van der Waals surface area (Å²) in [7, 11) is 3.08. The molecular formula is C14H18O5. The molecule has 1 atom stereocenters. The summed E-state index contributed by atoms with van der Waals surface area (Å²) in [5.74, 6) is -0.418. The zero-order valence-electron chi connectivity index (χ0n) is 11.3. The molecule has 0 spiro atoms. The number of carboxylic acids is 1. The van der Waals surface area contributed by atoms with Gasteiger partial charge < -0.3 is 14.6 Å². The van der Waals surface area contributed by atoms with Gasteiger partial charge in [0.05, 0.1) is 20.6 Å². The lowest BCUT2D eigenvalue weighted by Gasteiger charge is -2.15. The van der Waals surface area contributed by atoms with Crippen LogP contribution < -0.4 is 9.47 Å². The summed E-state index contributed by atoms with van der Waals surface area (Å²) in [5, 5.41) is 8.83. The zero-order valence-corrected chi connectivity index (χ0v) is 11.3. The highest BCUT2D eigenvalue weighted by Gasteiger charge is 2.20. The van der Waals surface area contributed by atoms with Crippen molar-refractivity contribution in [2.24, 2.45) is 5.92 Å². The number of Topliss-reactive ketones (excluding diaryl/α,β-unsaturated/α-hetero) is 1. The molecule has 0 saturated heterocycles. The second-order valence-electron chi connectivity index (χ2n) is 4.29. The Labute approximate surface area is 112 Å². The van der Waals surface area contributed by atoms with Crippen molar-refractivity contribution in [3.8, 4) is 11.5 Å². The predicted molar refractivity (Wildman–Crippen MR) is 69.7 cm³/mol. The summed E-state index contributed by atoms with van der Waals surface area (Å²) in [6.07, 6.45) is 0.137. The van der Waals surface area contributed by atoms with Crippen molar-refractivity contribution in [3.63, 3.8) is 0 Å². The van der Waals surface area contributed by atoms with E-state index in [0.717, 1.165) is 5.56 Å². The van der Waals surface area contributed by atoms with E-state index in [1.54, 1.807) is 25.3 Å². The fourth-order valence-corrected chi connectivity index (χ4v) is 1.88. The molecule has 0 aliphatic carbocycles. The van der Waals surface area contributed by atoms with Crippen molar-refractivity contribution in [1.82, 2.24) is 0 Å². The maximum atomic E-state index is 11.5. The van der Waals surface area contributed by atoms with Crippen LogP contribution in [0.15, 0.2) is 18.2 Å². The van der Waals surface area contributed by atoms with Gasteiger partial charge in [-0.3, -0.25) is 9.59 Å². The molecule has 0 heterocycles. The first kappa shape index (κ1) is 15.0. The lowest BCUT2D eigenvalue weighted by atomic mass is 9.92. The first-order valence-corrected chi connectivity index (χ1v) is 5.91. The summed E-state index contributed by atoms with van der Waals surface area (Å²) in [5.41, 5.74) is 0.767. The Bertz CT molecular complexity index is 467. The summed E-state index contributed by atoms with van der Waals surface area (Å²) in [6, 6.07) is 5.26. The number of hydrogen-bond acceptors (Lipinski definition) is 4. The molecule has 0 fully saturated rings. The van der Waals surface area contributed by atoms with Gasteiger partial charge in [-0.15, -0.1) is 0 Å². The first-order chi connectivity index (χ1) is 8.97. The van der Waals surface area contributed by atoms with Crippen LogP contribution in [0.1, 0.15) is 18.9 Å². The van der Waals surface area contributed by atoms with E-state index < -0.39 is 11.9 Å². The number of aliphatic carboxylic acids is 1. The number of carbonyl (C=O) groups excluding carboxylic acids is 1. The van der Waals surface area contributed by atoms with E-state index in [9.17, 15) is 9.59 Å². The van der Waals surface area contributed by atoms with Crippen molar-refractivity contribution in [2.45, 2.75) is 19.8 Å². The third-order valence-electron chi connectivity index (χ3n) is 2.95. The van der Waals surface area contributed by atoms with Gasteiger partial charge in [-0.1, -0.05) is 0 Å². The van der Waals surface area contributed by atoms with E-state index in [0.29, 0.717) is 17.9 Å². The van der Waals surface area contributed by atoms with Crippen LogP contribution in [-0.4, -0.2) is 31.1 Å². The van der Waals surface area contributed by atoms with Gasteiger partial charge in [-0.05, 0) is 37.1 Å². The lowest BCUT2D eigenvalue weighted by molar-refractivity contribution is -0.140. The van der Waals surface area contributed by atoms with E-state index >= 15 is 0 Å². The molecular weight excluding hydrogens is 248 g/mol. The molecule has 0 saturated carbocycles. The maximum absolute atomic E-state index is 11.5. The smallest absolute Gasteiger partial charge is 0.304 e. The quantitative estimate of drug-likeness (QED) is 0.816. The van der Waals surface area contributed by atoms with Crippen LogP contribution in [0.4, 0.5) is 0 Å². The van der Waals surface area contributed by atoms with Crippen LogP contribution in [0, 0.1) is 5.92 Å². The Morgan fingerprint density at radius 2 is 1.95 bits per heavy atom. The van der Waals surface area contributed by atoms with Crippen molar-refractivity contribution in [3.05, 3.63) is 23.8 Å². The summed E-state index contributed by atoms with van der Waals surface area (Å²) in [6.45, 7) is 1.40. The summed E-state index contributed by atoms with van der Waals surface area (Å²) < 4.78 is 10.3. The minimum absolute atomic E-state index is 0.146. The standard InChI is InChI=1S/C14H18O5/c1-9(15)10(8-14(16)17)6-11-7-12(18-2)4-5-13(11)19-3/h4-5,7,10H,6,8H2,1-3H3,(H,16,17)/t10-/m0/s1. The highest BCUT2D eigenvalue weighted by atomic mass is 16.5. The van der Waals surface area contributed by atoms with Crippen molar-refractivity contribution >= 4 is 11.8 Å².